The second-order valence-corrected chi connectivity index (χ2v) is 5.14. The van der Waals surface area contributed by atoms with Gasteiger partial charge in [-0.2, -0.15) is 0 Å². The molecule has 21 heavy (non-hydrogen) atoms. The number of likely N-dealkylation sites (tertiary alicyclic amines) is 1. The van der Waals surface area contributed by atoms with E-state index in [4.69, 9.17) is 0 Å². The zero-order valence-corrected chi connectivity index (χ0v) is 12.1. The lowest BCUT2D eigenvalue weighted by molar-refractivity contribution is -0.136. The Morgan fingerprint density at radius 3 is 2.90 bits per heavy atom. The molecule has 0 aromatic heterocycles. The Hall–Kier alpha value is -2.08. The molecule has 1 aliphatic rings. The molecule has 0 spiro atoms. The van der Waals surface area contributed by atoms with Gasteiger partial charge in [0.1, 0.15) is 5.75 Å². The molecule has 1 aromatic carbocycles. The second-order valence-electron chi connectivity index (χ2n) is 5.14. The summed E-state index contributed by atoms with van der Waals surface area (Å²) in [5.74, 6) is -1.33. The van der Waals surface area contributed by atoms with Gasteiger partial charge in [0.15, 0.2) is 0 Å². The summed E-state index contributed by atoms with van der Waals surface area (Å²) in [5.41, 5.74) is 0.395. The molecule has 2 amide bonds. The van der Waals surface area contributed by atoms with Gasteiger partial charge in [-0.15, -0.1) is 0 Å². The number of hydrogen-bond acceptors (Lipinski definition) is 4. The Bertz CT molecular complexity index is 519. The SMILES string of the molecule is CCN1CCC[C@H]1CNC(=O)C(=O)Nc1cccc(O)c1. The van der Waals surface area contributed by atoms with E-state index in [9.17, 15) is 14.7 Å². The van der Waals surface area contributed by atoms with Crippen LogP contribution in [-0.2, 0) is 9.59 Å². The Morgan fingerprint density at radius 2 is 2.19 bits per heavy atom. The topological polar surface area (TPSA) is 81.7 Å². The maximum absolute atomic E-state index is 11.8. The van der Waals surface area contributed by atoms with Gasteiger partial charge >= 0.3 is 11.8 Å². The van der Waals surface area contributed by atoms with E-state index < -0.39 is 11.8 Å². The van der Waals surface area contributed by atoms with E-state index >= 15 is 0 Å². The summed E-state index contributed by atoms with van der Waals surface area (Å²) in [6, 6.07) is 6.41. The van der Waals surface area contributed by atoms with Crippen molar-refractivity contribution in [1.29, 1.82) is 0 Å². The van der Waals surface area contributed by atoms with Crippen molar-refractivity contribution >= 4 is 17.5 Å². The van der Waals surface area contributed by atoms with Crippen LogP contribution in [0.3, 0.4) is 0 Å². The number of benzene rings is 1. The first-order valence-electron chi connectivity index (χ1n) is 7.22. The summed E-state index contributed by atoms with van der Waals surface area (Å²) in [5, 5.41) is 14.4. The molecule has 1 heterocycles. The Morgan fingerprint density at radius 1 is 1.38 bits per heavy atom. The molecular weight excluding hydrogens is 270 g/mol. The van der Waals surface area contributed by atoms with E-state index in [0.717, 1.165) is 25.9 Å². The highest BCUT2D eigenvalue weighted by Crippen LogP contribution is 2.16. The number of rotatable bonds is 4. The van der Waals surface area contributed by atoms with Crippen LogP contribution in [0.15, 0.2) is 24.3 Å². The highest BCUT2D eigenvalue weighted by atomic mass is 16.3. The summed E-state index contributed by atoms with van der Waals surface area (Å²) >= 11 is 0. The number of likely N-dealkylation sites (N-methyl/N-ethyl adjacent to an activating group) is 1. The lowest BCUT2D eigenvalue weighted by Crippen LogP contribution is -2.43. The standard InChI is InChI=1S/C15H21N3O3/c1-2-18-8-4-6-12(18)10-16-14(20)15(21)17-11-5-3-7-13(19)9-11/h3,5,7,9,12,19H,2,4,6,8,10H2,1H3,(H,16,20)(H,17,21)/t12-/m0/s1. The number of carbonyl (C=O) groups is 2. The van der Waals surface area contributed by atoms with E-state index in [2.05, 4.69) is 22.5 Å². The Kier molecular flexibility index (Phi) is 5.16. The first-order chi connectivity index (χ1) is 10.1. The summed E-state index contributed by atoms with van der Waals surface area (Å²) in [6.45, 7) is 4.58. The smallest absolute Gasteiger partial charge is 0.313 e. The lowest BCUT2D eigenvalue weighted by atomic mass is 10.2. The molecule has 1 aliphatic heterocycles. The molecule has 0 aliphatic carbocycles. The first kappa shape index (κ1) is 15.3. The molecule has 0 radical (unpaired) electrons. The fourth-order valence-corrected chi connectivity index (χ4v) is 2.60. The van der Waals surface area contributed by atoms with Gasteiger partial charge in [0.25, 0.3) is 0 Å². The number of anilines is 1. The maximum Gasteiger partial charge on any atom is 0.313 e. The van der Waals surface area contributed by atoms with Crippen LogP contribution < -0.4 is 10.6 Å². The highest BCUT2D eigenvalue weighted by molar-refractivity contribution is 6.39. The fraction of sp³-hybridized carbons (Fsp3) is 0.467. The molecule has 6 nitrogen and oxygen atoms in total. The molecule has 3 N–H and O–H groups in total. The molecular formula is C15H21N3O3. The molecule has 6 heteroatoms. The van der Waals surface area contributed by atoms with Crippen molar-refractivity contribution in [3.05, 3.63) is 24.3 Å². The third-order valence-corrected chi connectivity index (χ3v) is 3.71. The number of phenolic OH excluding ortho intramolecular Hbond substituents is 1. The normalized spacial score (nSPS) is 18.4. The summed E-state index contributed by atoms with van der Waals surface area (Å²) in [7, 11) is 0. The van der Waals surface area contributed by atoms with Crippen molar-refractivity contribution in [3.8, 4) is 5.75 Å². The van der Waals surface area contributed by atoms with Crippen LogP contribution in [0, 0.1) is 0 Å². The number of aromatic hydroxyl groups is 1. The van der Waals surface area contributed by atoms with Gasteiger partial charge in [0, 0.05) is 24.3 Å². The van der Waals surface area contributed by atoms with Gasteiger partial charge in [0.2, 0.25) is 0 Å². The van der Waals surface area contributed by atoms with Crippen molar-refractivity contribution in [1.82, 2.24) is 10.2 Å². The second kappa shape index (κ2) is 7.08. The molecule has 114 valence electrons. The minimum Gasteiger partial charge on any atom is -0.508 e. The number of nitrogens with one attached hydrogen (secondary N) is 2. The highest BCUT2D eigenvalue weighted by Gasteiger charge is 2.24. The van der Waals surface area contributed by atoms with Crippen LogP contribution in [0.5, 0.6) is 5.75 Å². The van der Waals surface area contributed by atoms with Gasteiger partial charge in [-0.25, -0.2) is 0 Å². The fourth-order valence-electron chi connectivity index (χ4n) is 2.60. The Labute approximate surface area is 124 Å². The lowest BCUT2D eigenvalue weighted by Gasteiger charge is -2.22. The van der Waals surface area contributed by atoms with Crippen LogP contribution in [0.1, 0.15) is 19.8 Å². The molecule has 1 aromatic rings. The predicted molar refractivity (Wildman–Crippen MR) is 80.0 cm³/mol. The largest absolute Gasteiger partial charge is 0.508 e. The number of amides is 2. The van der Waals surface area contributed by atoms with Gasteiger partial charge in [-0.05, 0) is 38.1 Å². The molecule has 1 atom stereocenters. The summed E-state index contributed by atoms with van der Waals surface area (Å²) in [4.78, 5) is 25.8. The van der Waals surface area contributed by atoms with Gasteiger partial charge in [0.05, 0.1) is 0 Å². The monoisotopic (exact) mass is 291 g/mol. The van der Waals surface area contributed by atoms with Crippen molar-refractivity contribution in [2.75, 3.05) is 25.0 Å². The Balaban J connectivity index is 1.81. The number of phenols is 1. The van der Waals surface area contributed by atoms with E-state index in [1.165, 1.54) is 12.1 Å². The molecule has 0 bridgehead atoms. The van der Waals surface area contributed by atoms with E-state index in [-0.39, 0.29) is 5.75 Å². The van der Waals surface area contributed by atoms with Crippen LogP contribution in [0.4, 0.5) is 5.69 Å². The third-order valence-electron chi connectivity index (χ3n) is 3.71. The minimum absolute atomic E-state index is 0.0396. The van der Waals surface area contributed by atoms with Crippen LogP contribution in [0.2, 0.25) is 0 Å². The van der Waals surface area contributed by atoms with Gasteiger partial charge < -0.3 is 15.7 Å². The van der Waals surface area contributed by atoms with Crippen LogP contribution in [0.25, 0.3) is 0 Å². The zero-order valence-electron chi connectivity index (χ0n) is 12.1. The van der Waals surface area contributed by atoms with Crippen molar-refractivity contribution in [2.24, 2.45) is 0 Å². The molecule has 1 saturated heterocycles. The summed E-state index contributed by atoms with van der Waals surface area (Å²) < 4.78 is 0. The van der Waals surface area contributed by atoms with Crippen molar-refractivity contribution in [3.63, 3.8) is 0 Å². The van der Waals surface area contributed by atoms with E-state index in [1.54, 1.807) is 12.1 Å². The molecule has 2 rings (SSSR count). The average Bonchev–Trinajstić information content (AvgIpc) is 2.92. The predicted octanol–water partition coefficient (Wildman–Crippen LogP) is 0.931. The molecule has 0 saturated carbocycles. The zero-order chi connectivity index (χ0) is 15.2. The first-order valence-corrected chi connectivity index (χ1v) is 7.22. The van der Waals surface area contributed by atoms with Gasteiger partial charge in [-0.3, -0.25) is 14.5 Å². The van der Waals surface area contributed by atoms with E-state index in [0.29, 0.717) is 18.3 Å². The maximum atomic E-state index is 11.8. The average molecular weight is 291 g/mol. The quantitative estimate of drug-likeness (QED) is 0.721. The van der Waals surface area contributed by atoms with Crippen molar-refractivity contribution in [2.45, 2.75) is 25.8 Å². The van der Waals surface area contributed by atoms with Crippen LogP contribution in [-0.4, -0.2) is 47.5 Å². The number of carbonyl (C=O) groups excluding carboxylic acids is 2. The molecule has 0 unspecified atom stereocenters. The van der Waals surface area contributed by atoms with Crippen molar-refractivity contribution < 1.29 is 14.7 Å². The number of hydrogen-bond donors (Lipinski definition) is 3. The minimum atomic E-state index is -0.721. The van der Waals surface area contributed by atoms with Crippen LogP contribution >= 0.6 is 0 Å². The number of nitrogens with zero attached hydrogens (tertiary/aromatic N) is 1. The third kappa shape index (κ3) is 4.19. The van der Waals surface area contributed by atoms with E-state index in [1.807, 2.05) is 0 Å². The summed E-state index contributed by atoms with van der Waals surface area (Å²) in [6.07, 6.45) is 2.17. The molecule has 1 fully saturated rings. The van der Waals surface area contributed by atoms with Gasteiger partial charge in [-0.1, -0.05) is 13.0 Å².